The van der Waals surface area contributed by atoms with Crippen molar-refractivity contribution in [3.8, 4) is 0 Å². The van der Waals surface area contributed by atoms with Crippen LogP contribution in [0.5, 0.6) is 0 Å². The molecule has 0 aromatic rings. The highest BCUT2D eigenvalue weighted by molar-refractivity contribution is 7.44. The number of quaternary nitrogens is 1. The molecule has 0 heterocycles. The third kappa shape index (κ3) is 10.8. The molecule has 1 aliphatic rings. The van der Waals surface area contributed by atoms with Crippen LogP contribution in [0.3, 0.4) is 0 Å². The van der Waals surface area contributed by atoms with Gasteiger partial charge in [0.15, 0.2) is 11.9 Å². The lowest BCUT2D eigenvalue weighted by Gasteiger charge is -2.32. The van der Waals surface area contributed by atoms with E-state index in [2.05, 4.69) is 37.4 Å². The van der Waals surface area contributed by atoms with Crippen molar-refractivity contribution in [3.63, 3.8) is 0 Å². The van der Waals surface area contributed by atoms with Gasteiger partial charge in [-0.25, -0.2) is 0 Å². The third-order valence-electron chi connectivity index (χ3n) is 5.43. The van der Waals surface area contributed by atoms with Gasteiger partial charge >= 0.3 is 0 Å². The molecule has 1 aliphatic carbocycles. The smallest absolute Gasteiger partial charge is 0.266 e. The quantitative estimate of drug-likeness (QED) is 0.220. The maximum Gasteiger partial charge on any atom is 0.266 e. The molecule has 0 bridgehead atoms. The van der Waals surface area contributed by atoms with E-state index >= 15 is 0 Å². The molecule has 2 unspecified atom stereocenters. The van der Waals surface area contributed by atoms with E-state index in [-0.39, 0.29) is 12.0 Å². The zero-order valence-electron chi connectivity index (χ0n) is 20.8. The number of likely N-dealkylation sites (N-methyl/N-ethyl adjacent to an activating group) is 1. The summed E-state index contributed by atoms with van der Waals surface area (Å²) in [5, 5.41) is 0. The molecule has 0 fully saturated rings. The number of allylic oxidation sites excluding steroid dienone is 9. The number of carbonyl (C=O) groups excluding carboxylic acids is 1. The minimum absolute atomic E-state index is 0.106. The van der Waals surface area contributed by atoms with E-state index < -0.39 is 19.7 Å². The van der Waals surface area contributed by atoms with Gasteiger partial charge in [0, 0.05) is 0 Å². The molecule has 1 rings (SSSR count). The lowest BCUT2D eigenvalue weighted by atomic mass is 9.72. The second kappa shape index (κ2) is 11.5. The highest BCUT2D eigenvalue weighted by Crippen LogP contribution is 2.40. The monoisotopic (exact) mass is 465 g/mol. The fraction of sp³-hybridized carbons (Fsp3) is 0.560. The minimum Gasteiger partial charge on any atom is -0.756 e. The van der Waals surface area contributed by atoms with Crippen LogP contribution in [0.4, 0.5) is 0 Å². The maximum atomic E-state index is 12.5. The van der Waals surface area contributed by atoms with Crippen molar-refractivity contribution in [2.45, 2.75) is 60.0 Å². The Balaban J connectivity index is 2.89. The van der Waals surface area contributed by atoms with Crippen LogP contribution in [0.1, 0.15) is 53.9 Å². The van der Waals surface area contributed by atoms with Crippen molar-refractivity contribution in [2.75, 3.05) is 27.7 Å². The van der Waals surface area contributed by atoms with Crippen LogP contribution in [0.2, 0.25) is 0 Å². The highest BCUT2D eigenvalue weighted by atomic mass is 31.2. The van der Waals surface area contributed by atoms with E-state index in [1.165, 1.54) is 30.1 Å². The van der Waals surface area contributed by atoms with E-state index in [1.807, 2.05) is 19.1 Å². The van der Waals surface area contributed by atoms with Gasteiger partial charge < -0.3 is 18.8 Å². The highest BCUT2D eigenvalue weighted by Gasteiger charge is 2.28. The van der Waals surface area contributed by atoms with Crippen LogP contribution < -0.4 is 4.89 Å². The first-order chi connectivity index (χ1) is 14.5. The Kier molecular flexibility index (Phi) is 10.3. The molecule has 0 spiro atoms. The number of ketones is 1. The fourth-order valence-corrected chi connectivity index (χ4v) is 4.32. The van der Waals surface area contributed by atoms with E-state index in [4.69, 9.17) is 4.89 Å². The third-order valence-corrected chi connectivity index (χ3v) is 5.96. The molecule has 0 saturated heterocycles. The van der Waals surface area contributed by atoms with Gasteiger partial charge in [0.2, 0.25) is 0 Å². The number of nitrogens with zero attached hydrogens (tertiary/aromatic N) is 1. The van der Waals surface area contributed by atoms with E-state index in [0.29, 0.717) is 10.1 Å². The van der Waals surface area contributed by atoms with E-state index in [9.17, 15) is 14.3 Å². The average Bonchev–Trinajstić information content (AvgIpc) is 2.57. The zero-order valence-corrected chi connectivity index (χ0v) is 21.7. The Morgan fingerprint density at radius 2 is 1.88 bits per heavy atom. The summed E-state index contributed by atoms with van der Waals surface area (Å²) in [6, 6.07) is 0. The summed E-state index contributed by atoms with van der Waals surface area (Å²) in [7, 11) is 0.396. The normalized spacial score (nSPS) is 21.3. The van der Waals surface area contributed by atoms with Gasteiger partial charge in [-0.3, -0.25) is 9.36 Å². The largest absolute Gasteiger partial charge is 0.756 e. The molecule has 0 saturated carbocycles. The molecule has 0 aromatic heterocycles. The fourth-order valence-electron chi connectivity index (χ4n) is 3.83. The van der Waals surface area contributed by atoms with Gasteiger partial charge in [0.25, 0.3) is 7.82 Å². The van der Waals surface area contributed by atoms with Gasteiger partial charge in [-0.05, 0) is 62.7 Å². The van der Waals surface area contributed by atoms with Crippen LogP contribution in [0.15, 0.2) is 58.7 Å². The Bertz CT molecular complexity index is 878. The average molecular weight is 466 g/mol. The Morgan fingerprint density at radius 1 is 1.25 bits per heavy atom. The molecular formula is C25H40NO5P. The summed E-state index contributed by atoms with van der Waals surface area (Å²) in [5.41, 5.74) is 4.80. The molecule has 32 heavy (non-hydrogen) atoms. The van der Waals surface area contributed by atoms with Crippen molar-refractivity contribution in [3.05, 3.63) is 58.7 Å². The lowest BCUT2D eigenvalue weighted by Crippen LogP contribution is -2.45. The molecule has 0 aromatic carbocycles. The SMILES string of the molecule is CC(C=CC1=C(C)CCCC1(C)C)=CC=CC(C)=CC(=O)C(C[N+](C)(C)C)OP(=O)([O-])O. The molecule has 1 N–H and O–H groups in total. The van der Waals surface area contributed by atoms with E-state index in [0.717, 1.165) is 12.0 Å². The van der Waals surface area contributed by atoms with Gasteiger partial charge in [-0.1, -0.05) is 55.4 Å². The van der Waals surface area contributed by atoms with Crippen LogP contribution in [-0.4, -0.2) is 49.0 Å². The second-order valence-corrected chi connectivity index (χ2v) is 11.5. The molecule has 2 atom stereocenters. The number of carbonyl (C=O) groups is 1. The Morgan fingerprint density at radius 3 is 2.41 bits per heavy atom. The summed E-state index contributed by atoms with van der Waals surface area (Å²) in [4.78, 5) is 32.7. The summed E-state index contributed by atoms with van der Waals surface area (Å²) in [5.74, 6) is -0.507. The lowest BCUT2D eigenvalue weighted by molar-refractivity contribution is -0.872. The Labute approximate surface area is 193 Å². The zero-order chi connectivity index (χ0) is 24.7. The standard InChI is InChI=1S/C25H40NO5P/c1-19(14-15-22-21(3)13-10-16-25(22,4)5)11-9-12-20(2)17-23(27)24(18-26(6,7)8)31-32(28,29)30/h9,11-12,14-15,17,24H,10,13,16,18H2,1-8H3,(H-,28,29,30). The van der Waals surface area contributed by atoms with Crippen molar-refractivity contribution >= 4 is 13.6 Å². The number of phosphoric ester groups is 1. The molecular weight excluding hydrogens is 425 g/mol. The topological polar surface area (TPSA) is 86.7 Å². The number of rotatable bonds is 10. The summed E-state index contributed by atoms with van der Waals surface area (Å²) in [6.45, 7) is 10.7. The van der Waals surface area contributed by atoms with Crippen LogP contribution in [0, 0.1) is 5.41 Å². The van der Waals surface area contributed by atoms with Crippen LogP contribution >= 0.6 is 7.82 Å². The van der Waals surface area contributed by atoms with Crippen molar-refractivity contribution in [2.24, 2.45) is 5.41 Å². The summed E-state index contributed by atoms with van der Waals surface area (Å²) in [6.07, 6.45) is 13.6. The minimum atomic E-state index is -5.02. The second-order valence-electron chi connectivity index (χ2n) is 10.4. The molecule has 0 radical (unpaired) electrons. The van der Waals surface area contributed by atoms with Crippen molar-refractivity contribution in [1.82, 2.24) is 0 Å². The molecule has 180 valence electrons. The first kappa shape index (κ1) is 28.5. The molecule has 0 aliphatic heterocycles. The van der Waals surface area contributed by atoms with Gasteiger partial charge in [-0.15, -0.1) is 0 Å². The van der Waals surface area contributed by atoms with Crippen molar-refractivity contribution < 1.29 is 28.2 Å². The van der Waals surface area contributed by atoms with Crippen LogP contribution in [-0.2, 0) is 13.9 Å². The maximum absolute atomic E-state index is 12.5. The number of phosphoric acid groups is 1. The number of hydrogen-bond donors (Lipinski definition) is 1. The number of hydrogen-bond acceptors (Lipinski definition) is 4. The molecule has 7 heteroatoms. The first-order valence-corrected chi connectivity index (χ1v) is 12.5. The first-order valence-electron chi connectivity index (χ1n) is 11.0. The Hall–Kier alpha value is -1.56. The van der Waals surface area contributed by atoms with Gasteiger partial charge in [0.1, 0.15) is 6.54 Å². The summed E-state index contributed by atoms with van der Waals surface area (Å²) >= 11 is 0. The predicted molar refractivity (Wildman–Crippen MR) is 129 cm³/mol. The van der Waals surface area contributed by atoms with Gasteiger partial charge in [0.05, 0.1) is 21.1 Å². The predicted octanol–water partition coefficient (Wildman–Crippen LogP) is 4.64. The van der Waals surface area contributed by atoms with E-state index in [1.54, 1.807) is 34.1 Å². The molecule has 0 amide bonds. The molecule has 6 nitrogen and oxygen atoms in total. The summed E-state index contributed by atoms with van der Waals surface area (Å²) < 4.78 is 16.1. The van der Waals surface area contributed by atoms with Crippen molar-refractivity contribution in [1.29, 1.82) is 0 Å². The van der Waals surface area contributed by atoms with Crippen LogP contribution in [0.25, 0.3) is 0 Å². The van der Waals surface area contributed by atoms with Gasteiger partial charge in [-0.2, -0.15) is 0 Å².